The number of hydrogen-bond acceptors (Lipinski definition) is 6. The van der Waals surface area contributed by atoms with Crippen molar-refractivity contribution in [2.24, 2.45) is 5.73 Å². The van der Waals surface area contributed by atoms with Crippen molar-refractivity contribution < 1.29 is 5.11 Å². The molecule has 7 nitrogen and oxygen atoms in total. The topological polar surface area (TPSA) is 92.2 Å². The normalized spacial score (nSPS) is 14.8. The Morgan fingerprint density at radius 1 is 1.00 bits per heavy atom. The average molecular weight is 519 g/mol. The second-order valence-corrected chi connectivity index (χ2v) is 9.48. The molecule has 3 heterocycles. The molecule has 2 aromatic heterocycles. The molecule has 4 aromatic rings. The van der Waals surface area contributed by atoms with Crippen LogP contribution in [-0.2, 0) is 6.54 Å². The van der Waals surface area contributed by atoms with E-state index >= 15 is 0 Å². The van der Waals surface area contributed by atoms with Gasteiger partial charge in [0, 0.05) is 37.9 Å². The number of nitrogens with two attached hydrogens (primary N) is 1. The Kier molecular flexibility index (Phi) is 8.82. The van der Waals surface area contributed by atoms with Crippen molar-refractivity contribution in [2.75, 3.05) is 31.5 Å². The molecule has 1 aliphatic heterocycles. The Labute approximate surface area is 224 Å². The van der Waals surface area contributed by atoms with E-state index in [0.717, 1.165) is 66.3 Å². The van der Waals surface area contributed by atoms with Crippen LogP contribution >= 0.6 is 12.4 Å². The predicted molar refractivity (Wildman–Crippen MR) is 154 cm³/mol. The number of hydrogen-bond donors (Lipinski definition) is 3. The monoisotopic (exact) mass is 518 g/mol. The number of fused-ring (bicyclic) bond motifs is 1. The molecule has 0 unspecified atom stereocenters. The van der Waals surface area contributed by atoms with Crippen LogP contribution in [0.15, 0.2) is 60.7 Å². The zero-order valence-electron chi connectivity index (χ0n) is 21.2. The Bertz CT molecular complexity index is 1350. The molecule has 0 bridgehead atoms. The number of aryl methyl sites for hydroxylation is 1. The second kappa shape index (κ2) is 12.2. The van der Waals surface area contributed by atoms with Crippen LogP contribution in [0.2, 0.25) is 0 Å². The number of aromatic nitrogens is 3. The minimum Gasteiger partial charge on any atom is -0.506 e. The summed E-state index contributed by atoms with van der Waals surface area (Å²) in [7, 11) is 0. The fraction of sp³-hybridized carbons (Fsp3) is 0.310. The van der Waals surface area contributed by atoms with E-state index in [1.54, 1.807) is 6.07 Å². The van der Waals surface area contributed by atoms with Gasteiger partial charge in [-0.2, -0.15) is 0 Å². The van der Waals surface area contributed by atoms with Crippen molar-refractivity contribution in [3.63, 3.8) is 0 Å². The summed E-state index contributed by atoms with van der Waals surface area (Å²) >= 11 is 0. The summed E-state index contributed by atoms with van der Waals surface area (Å²) in [5, 5.41) is 14.2. The zero-order valence-corrected chi connectivity index (χ0v) is 22.0. The van der Waals surface area contributed by atoms with E-state index < -0.39 is 0 Å². The number of aromatic hydroxyl groups is 1. The van der Waals surface area contributed by atoms with E-state index in [9.17, 15) is 5.11 Å². The third-order valence-corrected chi connectivity index (χ3v) is 6.80. The second-order valence-electron chi connectivity index (χ2n) is 9.48. The molecule has 37 heavy (non-hydrogen) atoms. The van der Waals surface area contributed by atoms with E-state index in [2.05, 4.69) is 62.3 Å². The number of nitrogens with zero attached hydrogens (tertiary/aromatic N) is 4. The van der Waals surface area contributed by atoms with Gasteiger partial charge >= 0.3 is 0 Å². The first-order valence-corrected chi connectivity index (χ1v) is 12.7. The molecule has 1 aliphatic rings. The van der Waals surface area contributed by atoms with Crippen LogP contribution in [0, 0.1) is 6.92 Å². The lowest BCUT2D eigenvalue weighted by atomic mass is 10.1. The lowest BCUT2D eigenvalue weighted by molar-refractivity contribution is 0.224. The highest BCUT2D eigenvalue weighted by Crippen LogP contribution is 2.27. The SMILES string of the molecule is Cc1ccc(O)c(Cn2c(NC3CCN(CCN)CC3)nc3ccc(/C=C/c4ccccc4)cc32)n1.Cl. The number of halogens is 1. The highest BCUT2D eigenvalue weighted by Gasteiger charge is 2.22. The largest absolute Gasteiger partial charge is 0.506 e. The first-order valence-electron chi connectivity index (χ1n) is 12.7. The molecule has 0 saturated carbocycles. The van der Waals surface area contributed by atoms with Gasteiger partial charge < -0.3 is 25.6 Å². The molecule has 0 aliphatic carbocycles. The van der Waals surface area contributed by atoms with E-state index in [1.165, 1.54) is 0 Å². The highest BCUT2D eigenvalue weighted by atomic mass is 35.5. The Morgan fingerprint density at radius 3 is 2.51 bits per heavy atom. The van der Waals surface area contributed by atoms with Gasteiger partial charge in [0.2, 0.25) is 5.95 Å². The Balaban J connectivity index is 0.00000320. The number of imidazole rings is 1. The third-order valence-electron chi connectivity index (χ3n) is 6.80. The maximum Gasteiger partial charge on any atom is 0.204 e. The van der Waals surface area contributed by atoms with Gasteiger partial charge in [-0.15, -0.1) is 12.4 Å². The molecular weight excluding hydrogens is 484 g/mol. The fourth-order valence-corrected chi connectivity index (χ4v) is 4.81. The van der Waals surface area contributed by atoms with E-state index in [-0.39, 0.29) is 18.2 Å². The molecule has 5 rings (SSSR count). The van der Waals surface area contributed by atoms with Crippen molar-refractivity contribution in [1.82, 2.24) is 19.4 Å². The fourth-order valence-electron chi connectivity index (χ4n) is 4.81. The maximum atomic E-state index is 10.5. The quantitative estimate of drug-likeness (QED) is 0.287. The van der Waals surface area contributed by atoms with E-state index in [4.69, 9.17) is 10.7 Å². The molecule has 0 amide bonds. The standard InChI is InChI=1S/C29H34N6O.ClH/c1-21-7-12-28(36)26(31-21)20-35-27-19-23(9-8-22-5-3-2-4-6-22)10-11-25(27)33-29(35)32-24-13-16-34(17-14-24)18-15-30;/h2-12,19,24,36H,13-18,20,30H2,1H3,(H,32,33);1H/b9-8+;. The van der Waals surface area contributed by atoms with Gasteiger partial charge in [-0.3, -0.25) is 4.98 Å². The minimum atomic E-state index is 0. The van der Waals surface area contributed by atoms with Gasteiger partial charge in [0.1, 0.15) is 11.4 Å². The zero-order chi connectivity index (χ0) is 24.9. The molecular formula is C29H35ClN6O. The van der Waals surface area contributed by atoms with Crippen LogP contribution in [0.25, 0.3) is 23.2 Å². The van der Waals surface area contributed by atoms with E-state index in [1.807, 2.05) is 31.2 Å². The van der Waals surface area contributed by atoms with Crippen molar-refractivity contribution in [2.45, 2.75) is 32.4 Å². The molecule has 0 spiro atoms. The van der Waals surface area contributed by atoms with E-state index in [0.29, 0.717) is 24.8 Å². The maximum absolute atomic E-state index is 10.5. The van der Waals surface area contributed by atoms with Crippen molar-refractivity contribution in [3.05, 3.63) is 83.2 Å². The smallest absolute Gasteiger partial charge is 0.204 e. The van der Waals surface area contributed by atoms with Crippen LogP contribution in [-0.4, -0.2) is 56.8 Å². The molecule has 2 aromatic carbocycles. The summed E-state index contributed by atoms with van der Waals surface area (Å²) in [5.41, 5.74) is 11.4. The first kappa shape index (κ1) is 26.7. The molecule has 8 heteroatoms. The van der Waals surface area contributed by atoms with Crippen molar-refractivity contribution >= 4 is 41.5 Å². The highest BCUT2D eigenvalue weighted by molar-refractivity contribution is 5.85. The van der Waals surface area contributed by atoms with Crippen molar-refractivity contribution in [1.29, 1.82) is 0 Å². The molecule has 194 valence electrons. The average Bonchev–Trinajstić information content (AvgIpc) is 3.23. The summed E-state index contributed by atoms with van der Waals surface area (Å²) < 4.78 is 2.14. The van der Waals surface area contributed by atoms with Crippen LogP contribution < -0.4 is 11.1 Å². The van der Waals surface area contributed by atoms with Crippen LogP contribution in [0.4, 0.5) is 5.95 Å². The van der Waals surface area contributed by atoms with Crippen LogP contribution in [0.3, 0.4) is 0 Å². The van der Waals surface area contributed by atoms with Gasteiger partial charge in [-0.25, -0.2) is 4.98 Å². The summed E-state index contributed by atoms with van der Waals surface area (Å²) in [6.07, 6.45) is 6.32. The van der Waals surface area contributed by atoms with Crippen LogP contribution in [0.1, 0.15) is 35.4 Å². The number of nitrogens with one attached hydrogen (secondary N) is 1. The molecule has 1 saturated heterocycles. The summed E-state index contributed by atoms with van der Waals surface area (Å²) in [5.74, 6) is 1.01. The number of anilines is 1. The lowest BCUT2D eigenvalue weighted by Gasteiger charge is -2.32. The number of rotatable bonds is 8. The van der Waals surface area contributed by atoms with Gasteiger partial charge in [0.05, 0.1) is 17.6 Å². The van der Waals surface area contributed by atoms with Crippen LogP contribution in [0.5, 0.6) is 5.75 Å². The number of benzene rings is 2. The first-order chi connectivity index (χ1) is 17.6. The Morgan fingerprint density at radius 2 is 1.76 bits per heavy atom. The molecule has 1 fully saturated rings. The lowest BCUT2D eigenvalue weighted by Crippen LogP contribution is -2.41. The summed E-state index contributed by atoms with van der Waals surface area (Å²) in [4.78, 5) is 12.0. The molecule has 0 atom stereocenters. The molecule has 0 radical (unpaired) electrons. The predicted octanol–water partition coefficient (Wildman–Crippen LogP) is 4.92. The van der Waals surface area contributed by atoms with Gasteiger partial charge in [-0.1, -0.05) is 48.6 Å². The third kappa shape index (κ3) is 6.49. The summed E-state index contributed by atoms with van der Waals surface area (Å²) in [6.45, 7) is 6.08. The van der Waals surface area contributed by atoms with Gasteiger partial charge in [0.25, 0.3) is 0 Å². The van der Waals surface area contributed by atoms with Gasteiger partial charge in [0.15, 0.2) is 0 Å². The van der Waals surface area contributed by atoms with Gasteiger partial charge in [-0.05, 0) is 55.2 Å². The number of likely N-dealkylation sites (tertiary alicyclic amines) is 1. The summed E-state index contributed by atoms with van der Waals surface area (Å²) in [6, 6.07) is 20.5. The number of pyridine rings is 1. The van der Waals surface area contributed by atoms with Crippen molar-refractivity contribution in [3.8, 4) is 5.75 Å². The Hall–Kier alpha value is -3.39. The number of piperidine rings is 1. The molecule has 4 N–H and O–H groups in total. The minimum absolute atomic E-state index is 0.